The van der Waals surface area contributed by atoms with Crippen LogP contribution in [0.3, 0.4) is 0 Å². The van der Waals surface area contributed by atoms with Gasteiger partial charge in [0.05, 0.1) is 19.1 Å². The van der Waals surface area contributed by atoms with E-state index in [9.17, 15) is 4.79 Å². The van der Waals surface area contributed by atoms with Crippen LogP contribution in [0, 0.1) is 0 Å². The number of rotatable bonds is 1. The molecule has 0 spiro atoms. The molecule has 1 amide bonds. The number of hydrogen-bond acceptors (Lipinski definition) is 3. The normalized spacial score (nSPS) is 23.1. The molecule has 1 saturated heterocycles. The molecule has 0 aliphatic carbocycles. The zero-order valence-corrected chi connectivity index (χ0v) is 10.4. The lowest BCUT2D eigenvalue weighted by atomic mass is 9.89. The number of nitrogens with one attached hydrogen (secondary N) is 1. The SMILES string of the molecule is O=C(C1CCNc2ccccc21)N1CCOCC1. The summed E-state index contributed by atoms with van der Waals surface area (Å²) in [5.41, 5.74) is 2.25. The number of hydrogen-bond donors (Lipinski definition) is 1. The van der Waals surface area contributed by atoms with Gasteiger partial charge in [-0.25, -0.2) is 0 Å². The zero-order valence-electron chi connectivity index (χ0n) is 10.4. The van der Waals surface area contributed by atoms with E-state index in [4.69, 9.17) is 4.74 Å². The van der Waals surface area contributed by atoms with Crippen molar-refractivity contribution in [1.82, 2.24) is 4.90 Å². The predicted molar refractivity (Wildman–Crippen MR) is 69.7 cm³/mol. The number of para-hydroxylation sites is 1. The topological polar surface area (TPSA) is 41.6 Å². The van der Waals surface area contributed by atoms with Gasteiger partial charge >= 0.3 is 0 Å². The summed E-state index contributed by atoms with van der Waals surface area (Å²) in [4.78, 5) is 14.5. The van der Waals surface area contributed by atoms with Gasteiger partial charge in [0, 0.05) is 25.3 Å². The van der Waals surface area contributed by atoms with Crippen molar-refractivity contribution in [2.24, 2.45) is 0 Å². The van der Waals surface area contributed by atoms with E-state index in [-0.39, 0.29) is 11.8 Å². The fourth-order valence-electron chi connectivity index (χ4n) is 2.73. The van der Waals surface area contributed by atoms with Gasteiger partial charge in [0.2, 0.25) is 5.91 Å². The first-order chi connectivity index (χ1) is 8.86. The Bertz CT molecular complexity index is 441. The van der Waals surface area contributed by atoms with E-state index in [1.165, 1.54) is 0 Å². The maximum atomic E-state index is 12.6. The number of benzene rings is 1. The van der Waals surface area contributed by atoms with Gasteiger partial charge in [-0.2, -0.15) is 0 Å². The van der Waals surface area contributed by atoms with Crippen molar-refractivity contribution < 1.29 is 9.53 Å². The number of nitrogens with zero attached hydrogens (tertiary/aromatic N) is 1. The van der Waals surface area contributed by atoms with Gasteiger partial charge in [-0.05, 0) is 18.1 Å². The van der Waals surface area contributed by atoms with E-state index in [1.54, 1.807) is 0 Å². The van der Waals surface area contributed by atoms with Crippen LogP contribution >= 0.6 is 0 Å². The molecule has 96 valence electrons. The highest BCUT2D eigenvalue weighted by molar-refractivity contribution is 5.86. The summed E-state index contributed by atoms with van der Waals surface area (Å²) in [5, 5.41) is 3.35. The Morgan fingerprint density at radius 2 is 2.06 bits per heavy atom. The van der Waals surface area contributed by atoms with E-state index in [0.717, 1.165) is 37.3 Å². The van der Waals surface area contributed by atoms with Crippen molar-refractivity contribution in [3.63, 3.8) is 0 Å². The largest absolute Gasteiger partial charge is 0.385 e. The van der Waals surface area contributed by atoms with Crippen molar-refractivity contribution in [3.8, 4) is 0 Å². The molecule has 18 heavy (non-hydrogen) atoms. The van der Waals surface area contributed by atoms with E-state index in [0.29, 0.717) is 13.2 Å². The van der Waals surface area contributed by atoms with Crippen molar-refractivity contribution in [2.45, 2.75) is 12.3 Å². The molecule has 1 unspecified atom stereocenters. The van der Waals surface area contributed by atoms with Gasteiger partial charge in [0.1, 0.15) is 0 Å². The van der Waals surface area contributed by atoms with Crippen LogP contribution in [0.15, 0.2) is 24.3 Å². The van der Waals surface area contributed by atoms with Crippen LogP contribution in [0.5, 0.6) is 0 Å². The van der Waals surface area contributed by atoms with Crippen LogP contribution in [0.1, 0.15) is 17.9 Å². The monoisotopic (exact) mass is 246 g/mol. The maximum Gasteiger partial charge on any atom is 0.230 e. The minimum absolute atomic E-state index is 0.0144. The summed E-state index contributed by atoms with van der Waals surface area (Å²) in [6.45, 7) is 3.66. The average Bonchev–Trinajstić information content (AvgIpc) is 2.47. The molecule has 4 heteroatoms. The molecule has 0 radical (unpaired) electrons. The molecule has 2 aliphatic rings. The summed E-state index contributed by atoms with van der Waals surface area (Å²) in [5.74, 6) is 0.271. The van der Waals surface area contributed by atoms with Crippen molar-refractivity contribution in [2.75, 3.05) is 38.2 Å². The van der Waals surface area contributed by atoms with Gasteiger partial charge in [-0.1, -0.05) is 18.2 Å². The van der Waals surface area contributed by atoms with Gasteiger partial charge in [-0.3, -0.25) is 4.79 Å². The first-order valence-electron chi connectivity index (χ1n) is 6.55. The lowest BCUT2D eigenvalue weighted by molar-refractivity contribution is -0.137. The third kappa shape index (κ3) is 2.08. The van der Waals surface area contributed by atoms with E-state index < -0.39 is 0 Å². The second-order valence-corrected chi connectivity index (χ2v) is 4.79. The Morgan fingerprint density at radius 1 is 1.28 bits per heavy atom. The van der Waals surface area contributed by atoms with Crippen LogP contribution in [0.4, 0.5) is 5.69 Å². The summed E-state index contributed by atoms with van der Waals surface area (Å²) < 4.78 is 5.30. The highest BCUT2D eigenvalue weighted by Crippen LogP contribution is 2.32. The fourth-order valence-corrected chi connectivity index (χ4v) is 2.73. The summed E-state index contributed by atoms with van der Waals surface area (Å²) in [6, 6.07) is 8.12. The Kier molecular flexibility index (Phi) is 3.19. The molecule has 1 aromatic carbocycles. The highest BCUT2D eigenvalue weighted by Gasteiger charge is 2.30. The number of ether oxygens (including phenoxy) is 1. The predicted octanol–water partition coefficient (Wildman–Crippen LogP) is 1.44. The van der Waals surface area contributed by atoms with Crippen molar-refractivity contribution in [3.05, 3.63) is 29.8 Å². The van der Waals surface area contributed by atoms with Gasteiger partial charge in [-0.15, -0.1) is 0 Å². The summed E-state index contributed by atoms with van der Waals surface area (Å²) >= 11 is 0. The first-order valence-corrected chi connectivity index (χ1v) is 6.55. The molecule has 0 bridgehead atoms. The quantitative estimate of drug-likeness (QED) is 0.815. The minimum Gasteiger partial charge on any atom is -0.385 e. The molecule has 2 aliphatic heterocycles. The van der Waals surface area contributed by atoms with Gasteiger partial charge in [0.25, 0.3) is 0 Å². The van der Waals surface area contributed by atoms with E-state index in [2.05, 4.69) is 11.4 Å². The summed E-state index contributed by atoms with van der Waals surface area (Å²) in [7, 11) is 0. The second-order valence-electron chi connectivity index (χ2n) is 4.79. The standard InChI is InChI=1S/C14H18N2O2/c17-14(16-7-9-18-10-8-16)12-5-6-15-13-4-2-1-3-11(12)13/h1-4,12,15H,5-10H2. The number of anilines is 1. The van der Waals surface area contributed by atoms with Gasteiger partial charge < -0.3 is 15.0 Å². The molecule has 1 N–H and O–H groups in total. The Labute approximate surface area is 107 Å². The minimum atomic E-state index is 0.0144. The Morgan fingerprint density at radius 3 is 2.89 bits per heavy atom. The Hall–Kier alpha value is -1.55. The highest BCUT2D eigenvalue weighted by atomic mass is 16.5. The number of carbonyl (C=O) groups is 1. The zero-order chi connectivity index (χ0) is 12.4. The molecule has 0 aromatic heterocycles. The Balaban J connectivity index is 1.82. The van der Waals surface area contributed by atoms with Crippen LogP contribution < -0.4 is 5.32 Å². The number of carbonyl (C=O) groups excluding carboxylic acids is 1. The van der Waals surface area contributed by atoms with Crippen LogP contribution in [0.25, 0.3) is 0 Å². The molecule has 2 heterocycles. The first kappa shape index (κ1) is 11.5. The van der Waals surface area contributed by atoms with Crippen LogP contribution in [0.2, 0.25) is 0 Å². The summed E-state index contributed by atoms with van der Waals surface area (Å²) in [6.07, 6.45) is 0.882. The third-order valence-electron chi connectivity index (χ3n) is 3.71. The van der Waals surface area contributed by atoms with Crippen LogP contribution in [-0.4, -0.2) is 43.7 Å². The number of fused-ring (bicyclic) bond motifs is 1. The number of morpholine rings is 1. The molecule has 1 atom stereocenters. The molecule has 0 saturated carbocycles. The fraction of sp³-hybridized carbons (Fsp3) is 0.500. The maximum absolute atomic E-state index is 12.6. The lowest BCUT2D eigenvalue weighted by Gasteiger charge is -2.33. The third-order valence-corrected chi connectivity index (χ3v) is 3.71. The van der Waals surface area contributed by atoms with E-state index >= 15 is 0 Å². The van der Waals surface area contributed by atoms with Crippen LogP contribution in [-0.2, 0) is 9.53 Å². The molecule has 4 nitrogen and oxygen atoms in total. The smallest absolute Gasteiger partial charge is 0.230 e. The second kappa shape index (κ2) is 4.98. The molecule has 1 aromatic rings. The number of amides is 1. The molecule has 3 rings (SSSR count). The average molecular weight is 246 g/mol. The van der Waals surface area contributed by atoms with Crippen molar-refractivity contribution >= 4 is 11.6 Å². The van der Waals surface area contributed by atoms with Gasteiger partial charge in [0.15, 0.2) is 0 Å². The van der Waals surface area contributed by atoms with Crippen molar-refractivity contribution in [1.29, 1.82) is 0 Å². The van der Waals surface area contributed by atoms with E-state index in [1.807, 2.05) is 23.1 Å². The molecule has 1 fully saturated rings. The molecular formula is C14H18N2O2. The lowest BCUT2D eigenvalue weighted by Crippen LogP contribution is -2.44. The molecular weight excluding hydrogens is 228 g/mol.